The van der Waals surface area contributed by atoms with E-state index in [1.807, 2.05) is 18.2 Å². The summed E-state index contributed by atoms with van der Waals surface area (Å²) in [6.07, 6.45) is 4.60. The van der Waals surface area contributed by atoms with Crippen LogP contribution in [0.15, 0.2) is 94.8 Å². The van der Waals surface area contributed by atoms with E-state index in [2.05, 4.69) is 112 Å². The third kappa shape index (κ3) is 7.49. The van der Waals surface area contributed by atoms with Crippen molar-refractivity contribution in [1.29, 1.82) is 0 Å². The molecular formula is C35H43CoN3O2. The molecule has 0 saturated heterocycles. The number of hydrogen-bond donors (Lipinski definition) is 1. The molecule has 0 saturated carbocycles. The first-order valence-electron chi connectivity index (χ1n) is 14.2. The molecular weight excluding hydrogens is 553 g/mol. The number of rotatable bonds is 9. The molecule has 3 aromatic carbocycles. The third-order valence-electron chi connectivity index (χ3n) is 7.47. The van der Waals surface area contributed by atoms with E-state index in [4.69, 9.17) is 4.74 Å². The van der Waals surface area contributed by atoms with Crippen molar-refractivity contribution in [2.45, 2.75) is 65.7 Å². The molecule has 0 fully saturated rings. The quantitative estimate of drug-likeness (QED) is 0.154. The van der Waals surface area contributed by atoms with Gasteiger partial charge in [-0.3, -0.25) is 0 Å². The molecule has 3 aromatic rings. The van der Waals surface area contributed by atoms with Gasteiger partial charge >= 0.3 is 0 Å². The minimum atomic E-state index is -0.252. The summed E-state index contributed by atoms with van der Waals surface area (Å²) in [6.45, 7) is 17.0. The molecule has 6 heteroatoms. The number of anilines is 1. The molecule has 1 aliphatic rings. The van der Waals surface area contributed by atoms with Crippen LogP contribution in [-0.4, -0.2) is 30.4 Å². The van der Waals surface area contributed by atoms with Crippen LogP contribution >= 0.6 is 0 Å². The van der Waals surface area contributed by atoms with Crippen molar-refractivity contribution in [3.05, 3.63) is 107 Å². The van der Waals surface area contributed by atoms with Gasteiger partial charge in [-0.2, -0.15) is 5.10 Å². The summed E-state index contributed by atoms with van der Waals surface area (Å²) < 4.78 is 5.73. The largest absolute Gasteiger partial charge is 0.493 e. The Labute approximate surface area is 256 Å². The van der Waals surface area contributed by atoms with Gasteiger partial charge in [0.2, 0.25) is 5.90 Å². The topological polar surface area (TPSA) is 57.4 Å². The second-order valence-corrected chi connectivity index (χ2v) is 12.2. The number of likely N-dealkylation sites (N-methyl/N-ethyl adjacent to an activating group) is 1. The Hall–Kier alpha value is -3.35. The van der Waals surface area contributed by atoms with Gasteiger partial charge in [0, 0.05) is 45.7 Å². The van der Waals surface area contributed by atoms with Crippen molar-refractivity contribution in [2.24, 2.45) is 16.1 Å². The fourth-order valence-corrected chi connectivity index (χ4v) is 5.26. The summed E-state index contributed by atoms with van der Waals surface area (Å²) in [5.41, 5.74) is 6.74. The average Bonchev–Trinajstić information content (AvgIpc) is 3.16. The van der Waals surface area contributed by atoms with E-state index in [0.717, 1.165) is 18.7 Å². The number of fused-ring (bicyclic) bond motifs is 1. The van der Waals surface area contributed by atoms with Crippen molar-refractivity contribution in [3.63, 3.8) is 0 Å². The van der Waals surface area contributed by atoms with E-state index >= 15 is 0 Å². The van der Waals surface area contributed by atoms with Gasteiger partial charge in [-0.15, -0.1) is 5.10 Å². The van der Waals surface area contributed by atoms with Gasteiger partial charge < -0.3 is 14.7 Å². The molecule has 1 atom stereocenters. The van der Waals surface area contributed by atoms with Crippen LogP contribution in [0.25, 0.3) is 0 Å². The molecule has 0 aliphatic carbocycles. The first-order valence-corrected chi connectivity index (χ1v) is 14.2. The molecule has 1 heterocycles. The van der Waals surface area contributed by atoms with Crippen molar-refractivity contribution >= 4 is 17.8 Å². The van der Waals surface area contributed by atoms with Crippen molar-refractivity contribution in [3.8, 4) is 5.75 Å². The number of aliphatic hydroxyl groups excluding tert-OH is 1. The van der Waals surface area contributed by atoms with Crippen LogP contribution in [0.5, 0.6) is 5.75 Å². The van der Waals surface area contributed by atoms with Crippen LogP contribution in [0.2, 0.25) is 0 Å². The first-order chi connectivity index (χ1) is 19.0. The number of allylic oxidation sites excluding steroid dienone is 2. The number of aliphatic hydroxyl groups is 1. The van der Waals surface area contributed by atoms with Crippen molar-refractivity contribution in [1.82, 2.24) is 0 Å². The van der Waals surface area contributed by atoms with Gasteiger partial charge in [0.25, 0.3) is 0 Å². The molecule has 1 radical (unpaired) electrons. The predicted octanol–water partition coefficient (Wildman–Crippen LogP) is 8.23. The predicted molar refractivity (Wildman–Crippen MR) is 168 cm³/mol. The normalized spacial score (nSPS) is 18.2. The van der Waals surface area contributed by atoms with Gasteiger partial charge in [0.05, 0.1) is 12.8 Å². The van der Waals surface area contributed by atoms with Crippen LogP contribution in [0.1, 0.15) is 70.7 Å². The smallest absolute Gasteiger partial charge is 0.238 e. The van der Waals surface area contributed by atoms with E-state index in [1.165, 1.54) is 28.1 Å². The summed E-state index contributed by atoms with van der Waals surface area (Å²) in [6, 6.07) is 24.8. The van der Waals surface area contributed by atoms with Crippen molar-refractivity contribution < 1.29 is 26.6 Å². The molecule has 41 heavy (non-hydrogen) atoms. The monoisotopic (exact) mass is 596 g/mol. The van der Waals surface area contributed by atoms with Crippen LogP contribution in [0.4, 0.5) is 5.69 Å². The Balaban J connectivity index is 0.00000462. The van der Waals surface area contributed by atoms with Gasteiger partial charge in [-0.05, 0) is 84.7 Å². The Morgan fingerprint density at radius 2 is 1.71 bits per heavy atom. The maximum absolute atomic E-state index is 10.5. The minimum Gasteiger partial charge on any atom is -0.493 e. The molecule has 219 valence electrons. The van der Waals surface area contributed by atoms with E-state index < -0.39 is 0 Å². The molecule has 4 rings (SSSR count). The number of nitrogens with zero attached hydrogens (tertiary/aromatic N) is 3. The molecule has 5 nitrogen and oxygen atoms in total. The summed E-state index contributed by atoms with van der Waals surface area (Å²) in [7, 11) is 0. The second-order valence-electron chi connectivity index (χ2n) is 12.2. The Morgan fingerprint density at radius 1 is 1.02 bits per heavy atom. The van der Waals surface area contributed by atoms with Crippen LogP contribution < -0.4 is 9.64 Å². The summed E-state index contributed by atoms with van der Waals surface area (Å²) in [5, 5.41) is 18.8. The molecule has 0 aromatic heterocycles. The number of hydrogen-bond acceptors (Lipinski definition) is 4. The third-order valence-corrected chi connectivity index (χ3v) is 7.47. The van der Waals surface area contributed by atoms with Crippen LogP contribution in [0, 0.1) is 5.92 Å². The fraction of sp³-hybridized carbons (Fsp3) is 0.371. The van der Waals surface area contributed by atoms with Gasteiger partial charge in [-0.25, -0.2) is 0 Å². The Kier molecular flexibility index (Phi) is 10.6. The number of ether oxygens (including phenoxy) is 1. The van der Waals surface area contributed by atoms with E-state index in [1.54, 1.807) is 18.3 Å². The molecule has 1 aliphatic heterocycles. The molecule has 1 N–H and O–H groups in total. The molecule has 0 spiro atoms. The fourth-order valence-electron chi connectivity index (χ4n) is 5.26. The zero-order chi connectivity index (χ0) is 28.9. The zero-order valence-electron chi connectivity index (χ0n) is 25.3. The average molecular weight is 597 g/mol. The van der Waals surface area contributed by atoms with Gasteiger partial charge in [-0.1, -0.05) is 77.1 Å². The SMILES string of the molecule is CCN1\C(=C/C=N/N=C(\O)c2ccc(OCC(C)C)cc2)C(C)(Cc2ccccc2)c2cc(C(C)(C)C)ccc21.[Co]. The van der Waals surface area contributed by atoms with E-state index in [0.29, 0.717) is 18.1 Å². The van der Waals surface area contributed by atoms with Gasteiger partial charge in [0.15, 0.2) is 0 Å². The standard InChI is InChI=1S/C35H43N3O2.Co/c1-8-38-31-19-16-28(34(4,5)6)22-30(31)35(7,23-26-12-10-9-11-13-26)32(38)20-21-36-37-33(39)27-14-17-29(18-15-27)40-24-25(2)3;/h9-22,25H,8,23-24H2,1-7H3,(H,37,39);/b32-20-,36-21+;. The molecule has 0 bridgehead atoms. The van der Waals surface area contributed by atoms with Gasteiger partial charge in [0.1, 0.15) is 5.75 Å². The van der Waals surface area contributed by atoms with Crippen LogP contribution in [-0.2, 0) is 34.0 Å². The zero-order valence-corrected chi connectivity index (χ0v) is 26.4. The first kappa shape index (κ1) is 32.2. The molecule has 1 unspecified atom stereocenters. The second kappa shape index (κ2) is 13.5. The summed E-state index contributed by atoms with van der Waals surface area (Å²) in [5.74, 6) is 1.09. The maximum atomic E-state index is 10.5. The summed E-state index contributed by atoms with van der Waals surface area (Å²) in [4.78, 5) is 2.37. The van der Waals surface area contributed by atoms with E-state index in [9.17, 15) is 5.11 Å². The van der Waals surface area contributed by atoms with Crippen molar-refractivity contribution in [2.75, 3.05) is 18.1 Å². The Morgan fingerprint density at radius 3 is 2.32 bits per heavy atom. The molecule has 0 amide bonds. The Bertz CT molecular complexity index is 1390. The summed E-state index contributed by atoms with van der Waals surface area (Å²) >= 11 is 0. The van der Waals surface area contributed by atoms with E-state index in [-0.39, 0.29) is 33.5 Å². The minimum absolute atomic E-state index is 0. The number of benzene rings is 3. The van der Waals surface area contributed by atoms with Crippen LogP contribution in [0.3, 0.4) is 0 Å². The maximum Gasteiger partial charge on any atom is 0.238 e.